The summed E-state index contributed by atoms with van der Waals surface area (Å²) in [7, 11) is 0. The highest BCUT2D eigenvalue weighted by molar-refractivity contribution is 5.17. The van der Waals surface area contributed by atoms with Gasteiger partial charge in [-0.15, -0.1) is 0 Å². The van der Waals surface area contributed by atoms with E-state index in [1.165, 1.54) is 12.3 Å². The first-order valence-electron chi connectivity index (χ1n) is 7.31. The van der Waals surface area contributed by atoms with Crippen molar-refractivity contribution in [2.75, 3.05) is 46.2 Å². The molecule has 1 rings (SSSR count). The van der Waals surface area contributed by atoms with Crippen LogP contribution in [0.4, 0.5) is 4.39 Å². The number of hydrogen-bond donors (Lipinski definition) is 0. The Balaban J connectivity index is 1.84. The van der Waals surface area contributed by atoms with Gasteiger partial charge in [-0.3, -0.25) is 0 Å². The molecule has 0 saturated carbocycles. The lowest BCUT2D eigenvalue weighted by Crippen LogP contribution is -2.13. The van der Waals surface area contributed by atoms with Crippen molar-refractivity contribution in [2.45, 2.75) is 19.8 Å². The predicted octanol–water partition coefficient (Wildman–Crippen LogP) is 2.45. The Morgan fingerprint density at radius 2 is 1.57 bits per heavy atom. The highest BCUT2D eigenvalue weighted by atomic mass is 19.1. The summed E-state index contributed by atoms with van der Waals surface area (Å²) in [6.45, 7) is 5.76. The predicted molar refractivity (Wildman–Crippen MR) is 77.1 cm³/mol. The lowest BCUT2D eigenvalue weighted by molar-refractivity contribution is 0.00873. The Kier molecular flexibility index (Phi) is 10.6. The van der Waals surface area contributed by atoms with Crippen molar-refractivity contribution in [3.8, 4) is 5.75 Å². The van der Waals surface area contributed by atoms with Crippen LogP contribution >= 0.6 is 0 Å². The number of hydrogen-bond acceptors (Lipinski definition) is 5. The van der Waals surface area contributed by atoms with E-state index in [0.29, 0.717) is 33.0 Å². The second-order valence-corrected chi connectivity index (χ2v) is 4.33. The van der Waals surface area contributed by atoms with Gasteiger partial charge in [0.2, 0.25) is 0 Å². The summed E-state index contributed by atoms with van der Waals surface area (Å²) in [6, 6.07) is 3.15. The van der Waals surface area contributed by atoms with Crippen LogP contribution in [-0.4, -0.2) is 51.2 Å². The van der Waals surface area contributed by atoms with Gasteiger partial charge in [0.25, 0.3) is 5.95 Å². The fourth-order valence-corrected chi connectivity index (χ4v) is 1.48. The molecule has 21 heavy (non-hydrogen) atoms. The normalized spacial score (nSPS) is 10.8. The van der Waals surface area contributed by atoms with Crippen molar-refractivity contribution < 1.29 is 23.3 Å². The first-order chi connectivity index (χ1) is 10.3. The Morgan fingerprint density at radius 1 is 0.952 bits per heavy atom. The number of unbranched alkanes of at least 4 members (excludes halogenated alkanes) is 1. The van der Waals surface area contributed by atoms with Crippen LogP contribution in [0.5, 0.6) is 5.75 Å². The van der Waals surface area contributed by atoms with E-state index in [0.717, 1.165) is 19.4 Å². The molecule has 0 aliphatic rings. The van der Waals surface area contributed by atoms with E-state index in [1.54, 1.807) is 6.07 Å². The molecule has 0 radical (unpaired) electrons. The van der Waals surface area contributed by atoms with E-state index < -0.39 is 5.95 Å². The number of nitrogens with zero attached hydrogens (tertiary/aromatic N) is 1. The Bertz CT molecular complexity index is 365. The zero-order valence-corrected chi connectivity index (χ0v) is 12.6. The zero-order valence-electron chi connectivity index (χ0n) is 12.6. The van der Waals surface area contributed by atoms with Gasteiger partial charge in [0.05, 0.1) is 33.0 Å². The van der Waals surface area contributed by atoms with E-state index in [4.69, 9.17) is 18.9 Å². The minimum Gasteiger partial charge on any atom is -0.486 e. The van der Waals surface area contributed by atoms with E-state index in [2.05, 4.69) is 11.9 Å². The third-order valence-electron chi connectivity index (χ3n) is 2.60. The quantitative estimate of drug-likeness (QED) is 0.414. The van der Waals surface area contributed by atoms with E-state index in [1.807, 2.05) is 0 Å². The van der Waals surface area contributed by atoms with Gasteiger partial charge in [0, 0.05) is 12.8 Å². The van der Waals surface area contributed by atoms with Gasteiger partial charge < -0.3 is 18.9 Å². The summed E-state index contributed by atoms with van der Waals surface area (Å²) in [6.07, 6.45) is 3.60. The maximum Gasteiger partial charge on any atom is 0.255 e. The number of pyridine rings is 1. The van der Waals surface area contributed by atoms with Crippen LogP contribution < -0.4 is 4.74 Å². The van der Waals surface area contributed by atoms with Crippen LogP contribution in [0.1, 0.15) is 19.8 Å². The van der Waals surface area contributed by atoms with Crippen LogP contribution in [0.25, 0.3) is 0 Å². The number of ether oxygens (including phenoxy) is 4. The lowest BCUT2D eigenvalue weighted by atomic mass is 10.4. The molecular weight excluding hydrogens is 277 g/mol. The highest BCUT2D eigenvalue weighted by Crippen LogP contribution is 2.12. The largest absolute Gasteiger partial charge is 0.486 e. The Hall–Kier alpha value is -1.24. The second kappa shape index (κ2) is 12.5. The Labute approximate surface area is 125 Å². The monoisotopic (exact) mass is 301 g/mol. The van der Waals surface area contributed by atoms with E-state index >= 15 is 0 Å². The molecule has 0 aliphatic heterocycles. The number of aromatic nitrogens is 1. The molecule has 1 aromatic rings. The SMILES string of the molecule is CCCCOCCOCCOCCOc1cccnc1F. The summed E-state index contributed by atoms with van der Waals surface area (Å²) in [4.78, 5) is 3.49. The summed E-state index contributed by atoms with van der Waals surface area (Å²) in [5, 5.41) is 0. The zero-order chi connectivity index (χ0) is 15.2. The third-order valence-corrected chi connectivity index (χ3v) is 2.60. The lowest BCUT2D eigenvalue weighted by Gasteiger charge is -2.08. The molecular formula is C15H24FNO4. The molecule has 0 atom stereocenters. The molecule has 0 saturated heterocycles. The minimum atomic E-state index is -0.607. The average Bonchev–Trinajstić information content (AvgIpc) is 2.50. The molecule has 0 unspecified atom stereocenters. The summed E-state index contributed by atoms with van der Waals surface area (Å²) in [5.74, 6) is -0.467. The van der Waals surface area contributed by atoms with Crippen LogP contribution in [0.2, 0.25) is 0 Å². The Morgan fingerprint density at radius 3 is 2.19 bits per heavy atom. The fourth-order valence-electron chi connectivity index (χ4n) is 1.48. The molecule has 0 bridgehead atoms. The average molecular weight is 301 g/mol. The van der Waals surface area contributed by atoms with Crippen molar-refractivity contribution >= 4 is 0 Å². The van der Waals surface area contributed by atoms with Crippen molar-refractivity contribution in [3.05, 3.63) is 24.3 Å². The topological polar surface area (TPSA) is 49.8 Å². The van der Waals surface area contributed by atoms with Gasteiger partial charge in [0.15, 0.2) is 5.75 Å². The molecule has 0 aromatic carbocycles. The van der Waals surface area contributed by atoms with Gasteiger partial charge >= 0.3 is 0 Å². The maximum atomic E-state index is 13.1. The summed E-state index contributed by atoms with van der Waals surface area (Å²) < 4.78 is 34.3. The van der Waals surface area contributed by atoms with Crippen LogP contribution in [-0.2, 0) is 14.2 Å². The molecule has 1 heterocycles. The van der Waals surface area contributed by atoms with Crippen LogP contribution in [0.3, 0.4) is 0 Å². The molecule has 1 aromatic heterocycles. The molecule has 0 amide bonds. The van der Waals surface area contributed by atoms with Gasteiger partial charge in [-0.2, -0.15) is 4.39 Å². The molecule has 0 spiro atoms. The summed E-state index contributed by atoms with van der Waals surface area (Å²) >= 11 is 0. The first kappa shape index (κ1) is 17.8. The van der Waals surface area contributed by atoms with Crippen molar-refractivity contribution in [1.29, 1.82) is 0 Å². The van der Waals surface area contributed by atoms with Crippen LogP contribution in [0, 0.1) is 5.95 Å². The van der Waals surface area contributed by atoms with Gasteiger partial charge in [-0.05, 0) is 18.6 Å². The second-order valence-electron chi connectivity index (χ2n) is 4.33. The third kappa shape index (κ3) is 9.33. The molecule has 0 N–H and O–H groups in total. The highest BCUT2D eigenvalue weighted by Gasteiger charge is 2.01. The van der Waals surface area contributed by atoms with Crippen molar-refractivity contribution in [1.82, 2.24) is 4.98 Å². The van der Waals surface area contributed by atoms with Crippen molar-refractivity contribution in [2.24, 2.45) is 0 Å². The summed E-state index contributed by atoms with van der Waals surface area (Å²) in [5.41, 5.74) is 0. The van der Waals surface area contributed by atoms with Crippen molar-refractivity contribution in [3.63, 3.8) is 0 Å². The first-order valence-corrected chi connectivity index (χ1v) is 7.31. The molecule has 120 valence electrons. The minimum absolute atomic E-state index is 0.140. The maximum absolute atomic E-state index is 13.1. The smallest absolute Gasteiger partial charge is 0.255 e. The van der Waals surface area contributed by atoms with Gasteiger partial charge in [-0.1, -0.05) is 13.3 Å². The van der Waals surface area contributed by atoms with Crippen LogP contribution in [0.15, 0.2) is 18.3 Å². The van der Waals surface area contributed by atoms with E-state index in [-0.39, 0.29) is 12.4 Å². The van der Waals surface area contributed by atoms with Gasteiger partial charge in [0.1, 0.15) is 6.61 Å². The van der Waals surface area contributed by atoms with E-state index in [9.17, 15) is 4.39 Å². The number of halogens is 1. The molecule has 0 fully saturated rings. The fraction of sp³-hybridized carbons (Fsp3) is 0.667. The standard InChI is InChI=1S/C15H24FNO4/c1-2-3-7-18-8-9-19-10-11-20-12-13-21-14-5-4-6-17-15(14)16/h4-6H,2-3,7-13H2,1H3. The molecule has 0 aliphatic carbocycles. The number of rotatable bonds is 13. The van der Waals surface area contributed by atoms with Gasteiger partial charge in [-0.25, -0.2) is 4.98 Å². The molecule has 6 heteroatoms. The molecule has 5 nitrogen and oxygen atoms in total.